The maximum atomic E-state index is 12.2. The first kappa shape index (κ1) is 15.0. The highest BCUT2D eigenvalue weighted by Crippen LogP contribution is 2.69. The fourth-order valence-electron chi connectivity index (χ4n) is 6.85. The van der Waals surface area contributed by atoms with E-state index < -0.39 is 0 Å². The van der Waals surface area contributed by atoms with Crippen LogP contribution in [0.15, 0.2) is 30.3 Å². The normalized spacial score (nSPS) is 40.9. The summed E-state index contributed by atoms with van der Waals surface area (Å²) in [7, 11) is 0. The van der Waals surface area contributed by atoms with Crippen LogP contribution in [0, 0.1) is 22.2 Å². The molecule has 2 amide bonds. The van der Waals surface area contributed by atoms with Gasteiger partial charge in [-0.1, -0.05) is 32.0 Å². The molecule has 4 bridgehead atoms. The number of carbonyl (C=O) groups is 1. The van der Waals surface area contributed by atoms with Crippen molar-refractivity contribution in [1.29, 1.82) is 0 Å². The number of hydrogen-bond acceptors (Lipinski definition) is 1. The zero-order chi connectivity index (χ0) is 16.1. The van der Waals surface area contributed by atoms with E-state index in [2.05, 4.69) is 24.5 Å². The molecule has 1 aromatic carbocycles. The lowest BCUT2D eigenvalue weighted by molar-refractivity contribution is -0.142. The summed E-state index contributed by atoms with van der Waals surface area (Å²) in [5, 5.41) is 6.12. The minimum absolute atomic E-state index is 0.0674. The van der Waals surface area contributed by atoms with Crippen LogP contribution >= 0.6 is 0 Å². The molecule has 0 spiro atoms. The van der Waals surface area contributed by atoms with Gasteiger partial charge < -0.3 is 10.6 Å². The molecule has 0 radical (unpaired) electrons. The average Bonchev–Trinajstić information content (AvgIpc) is 2.42. The summed E-state index contributed by atoms with van der Waals surface area (Å²) >= 11 is 0. The Hall–Kier alpha value is -1.51. The summed E-state index contributed by atoms with van der Waals surface area (Å²) in [5.41, 5.74) is 2.20. The van der Waals surface area contributed by atoms with Crippen LogP contribution in [0.25, 0.3) is 0 Å². The summed E-state index contributed by atoms with van der Waals surface area (Å²) in [6.45, 7) is 5.79. The lowest BCUT2D eigenvalue weighted by atomic mass is 9.40. The van der Waals surface area contributed by atoms with Crippen molar-refractivity contribution in [3.8, 4) is 0 Å². The summed E-state index contributed by atoms with van der Waals surface area (Å²) < 4.78 is 0. The van der Waals surface area contributed by atoms with E-state index in [0.717, 1.165) is 18.2 Å². The van der Waals surface area contributed by atoms with Crippen LogP contribution in [0.1, 0.15) is 52.4 Å². The Kier molecular flexibility index (Phi) is 3.26. The number of hydrogen-bond donors (Lipinski definition) is 2. The molecule has 4 aliphatic rings. The molecule has 124 valence electrons. The zero-order valence-corrected chi connectivity index (χ0v) is 14.3. The first-order chi connectivity index (χ1) is 10.9. The van der Waals surface area contributed by atoms with Gasteiger partial charge in [-0.25, -0.2) is 4.79 Å². The van der Waals surface area contributed by atoms with Crippen molar-refractivity contribution in [2.75, 3.05) is 11.9 Å². The first-order valence-electron chi connectivity index (χ1n) is 8.98. The highest BCUT2D eigenvalue weighted by molar-refractivity contribution is 5.89. The maximum absolute atomic E-state index is 12.2. The molecule has 5 rings (SSSR count). The number of rotatable bonds is 3. The van der Waals surface area contributed by atoms with Crippen molar-refractivity contribution in [3.63, 3.8) is 0 Å². The van der Waals surface area contributed by atoms with Crippen molar-refractivity contribution in [3.05, 3.63) is 30.3 Å². The number of anilines is 1. The summed E-state index contributed by atoms with van der Waals surface area (Å²) in [6, 6.07) is 9.62. The molecule has 2 unspecified atom stereocenters. The number of amides is 2. The van der Waals surface area contributed by atoms with E-state index in [4.69, 9.17) is 0 Å². The summed E-state index contributed by atoms with van der Waals surface area (Å²) in [6.07, 6.45) is 8.08. The van der Waals surface area contributed by atoms with Crippen molar-refractivity contribution in [2.45, 2.75) is 52.4 Å². The molecule has 0 saturated heterocycles. The Morgan fingerprint density at radius 3 is 2.30 bits per heavy atom. The van der Waals surface area contributed by atoms with E-state index in [1.807, 2.05) is 30.3 Å². The number of benzene rings is 1. The second kappa shape index (κ2) is 4.99. The molecule has 23 heavy (non-hydrogen) atoms. The van der Waals surface area contributed by atoms with Gasteiger partial charge >= 0.3 is 6.03 Å². The molecule has 4 aliphatic carbocycles. The van der Waals surface area contributed by atoms with Crippen LogP contribution in [0.2, 0.25) is 0 Å². The van der Waals surface area contributed by atoms with Gasteiger partial charge in [-0.15, -0.1) is 0 Å². The maximum Gasteiger partial charge on any atom is 0.319 e. The van der Waals surface area contributed by atoms with Gasteiger partial charge in [0.05, 0.1) is 0 Å². The number of urea groups is 1. The van der Waals surface area contributed by atoms with Gasteiger partial charge in [0.1, 0.15) is 0 Å². The number of carbonyl (C=O) groups excluding carboxylic acids is 1. The van der Waals surface area contributed by atoms with E-state index in [0.29, 0.717) is 16.2 Å². The molecule has 4 fully saturated rings. The quantitative estimate of drug-likeness (QED) is 0.826. The van der Waals surface area contributed by atoms with Gasteiger partial charge in [0, 0.05) is 12.2 Å². The van der Waals surface area contributed by atoms with Gasteiger partial charge in [0.25, 0.3) is 0 Å². The van der Waals surface area contributed by atoms with Crippen LogP contribution in [-0.2, 0) is 0 Å². The SMILES string of the molecule is C[C@]12CC3CC(CNC(=O)Nc4ccccc4)(C1)C[C@@](C)(C3)C2. The lowest BCUT2D eigenvalue weighted by Gasteiger charge is -2.65. The number of nitrogens with one attached hydrogen (secondary N) is 2. The average molecular weight is 312 g/mol. The van der Waals surface area contributed by atoms with E-state index >= 15 is 0 Å². The molecule has 4 saturated carbocycles. The lowest BCUT2D eigenvalue weighted by Crippen LogP contribution is -2.58. The second-order valence-corrected chi connectivity index (χ2v) is 9.30. The van der Waals surface area contributed by atoms with E-state index in [9.17, 15) is 4.79 Å². The van der Waals surface area contributed by atoms with Gasteiger partial charge in [-0.05, 0) is 72.8 Å². The van der Waals surface area contributed by atoms with Crippen LogP contribution in [-0.4, -0.2) is 12.6 Å². The predicted octanol–water partition coefficient (Wildman–Crippen LogP) is 4.80. The van der Waals surface area contributed by atoms with Gasteiger partial charge in [-0.3, -0.25) is 0 Å². The van der Waals surface area contributed by atoms with E-state index in [1.54, 1.807) is 0 Å². The van der Waals surface area contributed by atoms with E-state index in [-0.39, 0.29) is 6.03 Å². The van der Waals surface area contributed by atoms with Crippen LogP contribution in [0.5, 0.6) is 0 Å². The third-order valence-electron chi connectivity index (χ3n) is 6.40. The Morgan fingerprint density at radius 1 is 1.04 bits per heavy atom. The molecule has 2 N–H and O–H groups in total. The van der Waals surface area contributed by atoms with Crippen molar-refractivity contribution in [1.82, 2.24) is 5.32 Å². The third-order valence-corrected chi connectivity index (χ3v) is 6.40. The van der Waals surface area contributed by atoms with Crippen molar-refractivity contribution in [2.24, 2.45) is 22.2 Å². The predicted molar refractivity (Wildman–Crippen MR) is 93.3 cm³/mol. The number of para-hydroxylation sites is 1. The zero-order valence-electron chi connectivity index (χ0n) is 14.3. The monoisotopic (exact) mass is 312 g/mol. The molecular formula is C20H28N2O. The third kappa shape index (κ3) is 2.86. The van der Waals surface area contributed by atoms with Crippen molar-refractivity contribution >= 4 is 11.7 Å². The molecule has 3 heteroatoms. The standard InChI is InChI=1S/C20H28N2O/c1-18-8-15-9-19(2,11-18)13-20(10-15,12-18)14-21-17(23)22-16-6-4-3-5-7-16/h3-7,15H,8-14H2,1-2H3,(H2,21,22,23)/t15?,18-,19+,20?. The first-order valence-corrected chi connectivity index (χ1v) is 8.98. The van der Waals surface area contributed by atoms with Crippen LogP contribution in [0.3, 0.4) is 0 Å². The minimum atomic E-state index is -0.0674. The fourth-order valence-corrected chi connectivity index (χ4v) is 6.85. The van der Waals surface area contributed by atoms with Gasteiger partial charge in [0.2, 0.25) is 0 Å². The molecule has 0 aliphatic heterocycles. The van der Waals surface area contributed by atoms with Crippen LogP contribution < -0.4 is 10.6 Å². The Morgan fingerprint density at radius 2 is 1.70 bits per heavy atom. The minimum Gasteiger partial charge on any atom is -0.337 e. The highest BCUT2D eigenvalue weighted by Gasteiger charge is 2.59. The Balaban J connectivity index is 1.42. The Labute approximate surface area is 139 Å². The van der Waals surface area contributed by atoms with Gasteiger partial charge in [-0.2, -0.15) is 0 Å². The highest BCUT2D eigenvalue weighted by atomic mass is 16.2. The van der Waals surface area contributed by atoms with Crippen molar-refractivity contribution < 1.29 is 4.79 Å². The summed E-state index contributed by atoms with van der Waals surface area (Å²) in [5.74, 6) is 0.875. The summed E-state index contributed by atoms with van der Waals surface area (Å²) in [4.78, 5) is 12.2. The topological polar surface area (TPSA) is 41.1 Å². The molecule has 3 nitrogen and oxygen atoms in total. The second-order valence-electron chi connectivity index (χ2n) is 9.30. The molecular weight excluding hydrogens is 284 g/mol. The smallest absolute Gasteiger partial charge is 0.319 e. The van der Waals surface area contributed by atoms with E-state index in [1.165, 1.54) is 38.5 Å². The molecule has 4 atom stereocenters. The van der Waals surface area contributed by atoms with Crippen LogP contribution in [0.4, 0.5) is 10.5 Å². The Bertz CT molecular complexity index is 593. The van der Waals surface area contributed by atoms with Gasteiger partial charge in [0.15, 0.2) is 0 Å². The largest absolute Gasteiger partial charge is 0.337 e. The molecule has 0 aromatic heterocycles. The fraction of sp³-hybridized carbons (Fsp3) is 0.650. The molecule has 1 aromatic rings. The molecule has 0 heterocycles.